The number of carbonyl (C=O) groups is 2. The summed E-state index contributed by atoms with van der Waals surface area (Å²) < 4.78 is 0. The van der Waals surface area contributed by atoms with Gasteiger partial charge in [0.2, 0.25) is 0 Å². The molecular formula is C26H34Cl3N5O2. The van der Waals surface area contributed by atoms with Crippen molar-refractivity contribution in [2.45, 2.75) is 63.3 Å². The van der Waals surface area contributed by atoms with Gasteiger partial charge in [0, 0.05) is 34.8 Å². The number of benzene rings is 1. The highest BCUT2D eigenvalue weighted by molar-refractivity contribution is 6.42. The first-order chi connectivity index (χ1) is 16.7. The van der Waals surface area contributed by atoms with E-state index in [0.717, 1.165) is 32.1 Å². The number of urea groups is 1. The third kappa shape index (κ3) is 5.79. The number of nitrogens with one attached hydrogen (secondary N) is 3. The van der Waals surface area contributed by atoms with E-state index in [0.29, 0.717) is 35.3 Å². The number of hydrogen-bond acceptors (Lipinski definition) is 4. The second kappa shape index (κ2) is 9.73. The van der Waals surface area contributed by atoms with Crippen LogP contribution in [0.3, 0.4) is 0 Å². The highest BCUT2D eigenvalue weighted by Crippen LogP contribution is 2.56. The molecule has 3 aliphatic rings. The maximum atomic E-state index is 13.4. The molecule has 36 heavy (non-hydrogen) atoms. The molecule has 1 heterocycles. The average Bonchev–Trinajstić information content (AvgIpc) is 2.72. The molecule has 2 saturated carbocycles. The number of rotatable bonds is 4. The Hall–Kier alpha value is -1.96. The summed E-state index contributed by atoms with van der Waals surface area (Å²) in [6, 6.07) is 4.49. The lowest BCUT2D eigenvalue weighted by Crippen LogP contribution is -2.61. The van der Waals surface area contributed by atoms with Gasteiger partial charge in [-0.3, -0.25) is 10.2 Å². The molecule has 0 radical (unpaired) electrons. The number of alkyl halides is 1. The SMILES string of the molecule is CC1(C)CC2CC(Cl)(C1)CC(C)(NC(=O)N1CCN/C(=C(\C(=N)c3ccc(Cl)c(Cl)c3)C(N)=O)C1)C2. The van der Waals surface area contributed by atoms with Crippen LogP contribution in [0.5, 0.6) is 0 Å². The molecular weight excluding hydrogens is 521 g/mol. The maximum absolute atomic E-state index is 13.4. The van der Waals surface area contributed by atoms with Gasteiger partial charge in [-0.25, -0.2) is 4.79 Å². The molecule has 10 heteroatoms. The first-order valence-corrected chi connectivity index (χ1v) is 13.4. The normalized spacial score (nSPS) is 30.7. The van der Waals surface area contributed by atoms with Gasteiger partial charge in [0.15, 0.2) is 0 Å². The van der Waals surface area contributed by atoms with Crippen LogP contribution in [0.25, 0.3) is 0 Å². The number of carbonyl (C=O) groups excluding carboxylic acids is 2. The standard InChI is InChI=1S/C26H34Cl3N5O2/c1-24(2)9-15-10-25(3,14-26(29,11-15)13-24)33-23(36)34-7-6-32-19(12-34)20(22(31)35)21(30)16-4-5-17(27)18(28)8-16/h4-5,8,15,30,32H,6-7,9-14H2,1-3H3,(H2,31,35)(H,33,36)/b20-19+,30-21?. The first-order valence-electron chi connectivity index (χ1n) is 12.3. The Kier molecular flexibility index (Phi) is 7.32. The number of primary amides is 1. The fraction of sp³-hybridized carbons (Fsp3) is 0.577. The molecule has 2 aliphatic carbocycles. The zero-order valence-electron chi connectivity index (χ0n) is 20.9. The Morgan fingerprint density at radius 3 is 2.50 bits per heavy atom. The van der Waals surface area contributed by atoms with Gasteiger partial charge in [0.25, 0.3) is 5.91 Å². The number of hydrogen-bond donors (Lipinski definition) is 4. The lowest BCUT2D eigenvalue weighted by Gasteiger charge is -2.54. The number of piperazine rings is 1. The van der Waals surface area contributed by atoms with Gasteiger partial charge in [0.05, 0.1) is 27.9 Å². The predicted molar refractivity (Wildman–Crippen MR) is 145 cm³/mol. The predicted octanol–water partition coefficient (Wildman–Crippen LogP) is 5.07. The van der Waals surface area contributed by atoms with Crippen LogP contribution in [0, 0.1) is 16.7 Å². The average molecular weight is 555 g/mol. The molecule has 3 fully saturated rings. The van der Waals surface area contributed by atoms with Gasteiger partial charge in [-0.05, 0) is 62.5 Å². The fourth-order valence-corrected chi connectivity index (χ4v) is 7.89. The van der Waals surface area contributed by atoms with E-state index in [1.807, 2.05) is 0 Å². The van der Waals surface area contributed by atoms with E-state index in [4.69, 9.17) is 45.9 Å². The van der Waals surface area contributed by atoms with E-state index < -0.39 is 11.4 Å². The van der Waals surface area contributed by atoms with Crippen molar-refractivity contribution in [1.82, 2.24) is 15.5 Å². The molecule has 7 nitrogen and oxygen atoms in total. The van der Waals surface area contributed by atoms with Crippen molar-refractivity contribution in [2.24, 2.45) is 17.1 Å². The van der Waals surface area contributed by atoms with Crippen LogP contribution in [-0.4, -0.2) is 52.6 Å². The van der Waals surface area contributed by atoms with Crippen molar-refractivity contribution in [3.05, 3.63) is 45.1 Å². The molecule has 3 unspecified atom stereocenters. The van der Waals surface area contributed by atoms with Crippen molar-refractivity contribution in [3.63, 3.8) is 0 Å². The van der Waals surface area contributed by atoms with E-state index in [1.54, 1.807) is 17.0 Å². The lowest BCUT2D eigenvalue weighted by molar-refractivity contribution is -0.114. The van der Waals surface area contributed by atoms with Gasteiger partial charge in [-0.1, -0.05) is 43.1 Å². The van der Waals surface area contributed by atoms with Gasteiger partial charge in [-0.15, -0.1) is 11.6 Å². The number of amides is 3. The molecule has 1 aromatic carbocycles. The number of nitrogens with zero attached hydrogens (tertiary/aromatic N) is 1. The van der Waals surface area contributed by atoms with Crippen LogP contribution in [0.4, 0.5) is 4.79 Å². The largest absolute Gasteiger partial charge is 0.384 e. The molecule has 2 bridgehead atoms. The monoisotopic (exact) mass is 553 g/mol. The Balaban J connectivity index is 1.52. The van der Waals surface area contributed by atoms with Crippen LogP contribution in [0.1, 0.15) is 58.4 Å². The summed E-state index contributed by atoms with van der Waals surface area (Å²) in [7, 11) is 0. The topological polar surface area (TPSA) is 111 Å². The van der Waals surface area contributed by atoms with Crippen molar-refractivity contribution >= 4 is 52.5 Å². The van der Waals surface area contributed by atoms with Crippen molar-refractivity contribution in [2.75, 3.05) is 19.6 Å². The quantitative estimate of drug-likeness (QED) is 0.237. The van der Waals surface area contributed by atoms with E-state index in [2.05, 4.69) is 31.4 Å². The van der Waals surface area contributed by atoms with E-state index in [9.17, 15) is 9.59 Å². The minimum Gasteiger partial charge on any atom is -0.384 e. The number of fused-ring (bicyclic) bond motifs is 2. The zero-order valence-corrected chi connectivity index (χ0v) is 23.2. The molecule has 1 aromatic rings. The second-order valence-electron chi connectivity index (χ2n) is 11.7. The first kappa shape index (κ1) is 27.1. The van der Waals surface area contributed by atoms with Crippen LogP contribution >= 0.6 is 34.8 Å². The third-order valence-corrected chi connectivity index (χ3v) is 8.67. The van der Waals surface area contributed by atoms with Crippen molar-refractivity contribution < 1.29 is 9.59 Å². The van der Waals surface area contributed by atoms with Crippen LogP contribution in [0.15, 0.2) is 29.5 Å². The Bertz CT molecular complexity index is 1130. The summed E-state index contributed by atoms with van der Waals surface area (Å²) in [6.45, 7) is 7.66. The molecule has 1 aliphatic heterocycles. The minimum absolute atomic E-state index is 0.0197. The van der Waals surface area contributed by atoms with Gasteiger partial charge < -0.3 is 21.3 Å². The highest BCUT2D eigenvalue weighted by atomic mass is 35.5. The smallest absolute Gasteiger partial charge is 0.318 e. The maximum Gasteiger partial charge on any atom is 0.318 e. The lowest BCUT2D eigenvalue weighted by atomic mass is 9.58. The third-order valence-electron chi connectivity index (χ3n) is 7.51. The summed E-state index contributed by atoms with van der Waals surface area (Å²) in [6.07, 6.45) is 4.63. The van der Waals surface area contributed by atoms with Crippen molar-refractivity contribution in [3.8, 4) is 0 Å². The number of halogens is 3. The summed E-state index contributed by atoms with van der Waals surface area (Å²) in [4.78, 5) is 27.1. The van der Waals surface area contributed by atoms with Gasteiger partial charge in [0.1, 0.15) is 0 Å². The second-order valence-corrected chi connectivity index (χ2v) is 13.3. The molecule has 1 saturated heterocycles. The summed E-state index contributed by atoms with van der Waals surface area (Å²) in [5, 5.41) is 15.7. The Morgan fingerprint density at radius 1 is 1.14 bits per heavy atom. The fourth-order valence-electron chi connectivity index (χ4n) is 6.72. The van der Waals surface area contributed by atoms with Gasteiger partial charge >= 0.3 is 6.03 Å². The van der Waals surface area contributed by atoms with Crippen LogP contribution in [0.2, 0.25) is 10.0 Å². The zero-order chi connectivity index (χ0) is 26.5. The van der Waals surface area contributed by atoms with Gasteiger partial charge in [-0.2, -0.15) is 0 Å². The summed E-state index contributed by atoms with van der Waals surface area (Å²) >= 11 is 19.2. The van der Waals surface area contributed by atoms with E-state index in [-0.39, 0.29) is 39.2 Å². The molecule has 4 rings (SSSR count). The molecule has 0 spiro atoms. The van der Waals surface area contributed by atoms with E-state index in [1.165, 1.54) is 6.07 Å². The highest BCUT2D eigenvalue weighted by Gasteiger charge is 2.52. The van der Waals surface area contributed by atoms with Crippen molar-refractivity contribution in [1.29, 1.82) is 5.41 Å². The Labute approximate surface area is 227 Å². The summed E-state index contributed by atoms with van der Waals surface area (Å²) in [5.74, 6) is -0.286. The van der Waals surface area contributed by atoms with E-state index >= 15 is 0 Å². The van der Waals surface area contributed by atoms with Crippen LogP contribution < -0.4 is 16.4 Å². The molecule has 196 valence electrons. The number of nitrogens with two attached hydrogens (primary N) is 1. The van der Waals surface area contributed by atoms with Crippen LogP contribution in [-0.2, 0) is 4.79 Å². The Morgan fingerprint density at radius 2 is 1.86 bits per heavy atom. The minimum atomic E-state index is -0.755. The molecule has 3 amide bonds. The molecule has 0 aromatic heterocycles. The molecule has 5 N–H and O–H groups in total. The molecule has 3 atom stereocenters. The summed E-state index contributed by atoms with van der Waals surface area (Å²) in [5.41, 5.74) is 6.26.